The van der Waals surface area contributed by atoms with Gasteiger partial charge in [-0.2, -0.15) is 0 Å². The van der Waals surface area contributed by atoms with Crippen molar-refractivity contribution in [2.45, 2.75) is 18.9 Å². The third-order valence-electron chi connectivity index (χ3n) is 4.23. The highest BCUT2D eigenvalue weighted by Crippen LogP contribution is 2.30. The van der Waals surface area contributed by atoms with Crippen LogP contribution in [0.3, 0.4) is 0 Å². The summed E-state index contributed by atoms with van der Waals surface area (Å²) in [6, 6.07) is 11.9. The molecule has 1 aromatic heterocycles. The molecule has 0 aliphatic heterocycles. The average Bonchev–Trinajstić information content (AvgIpc) is 2.98. The minimum absolute atomic E-state index is 0.0877. The monoisotopic (exact) mass is 325 g/mol. The zero-order valence-electron chi connectivity index (χ0n) is 14.2. The number of nitrogens with zero attached hydrogens (tertiary/aromatic N) is 2. The van der Waals surface area contributed by atoms with E-state index in [0.29, 0.717) is 18.1 Å². The van der Waals surface area contributed by atoms with E-state index in [1.165, 1.54) is 11.1 Å². The maximum atomic E-state index is 12.4. The van der Waals surface area contributed by atoms with Gasteiger partial charge in [0.05, 0.1) is 11.6 Å². The largest absolute Gasteiger partial charge is 0.476 e. The standard InChI is InChI=1S/C19H23N3O2/c1-22(2)11-12-24-18-10-8-15(13-20-18)19(23)21-17-9-7-14-5-3-4-6-16(14)17/h3-6,8,10,13,17H,7,9,11-12H2,1-2H3,(H,21,23). The zero-order chi connectivity index (χ0) is 16.9. The number of hydrogen-bond donors (Lipinski definition) is 1. The molecule has 1 unspecified atom stereocenters. The molecular formula is C19H23N3O2. The van der Waals surface area contributed by atoms with Crippen molar-refractivity contribution in [3.8, 4) is 5.88 Å². The van der Waals surface area contributed by atoms with Gasteiger partial charge in [0.15, 0.2) is 0 Å². The summed E-state index contributed by atoms with van der Waals surface area (Å²) in [7, 11) is 3.98. The number of carbonyl (C=O) groups is 1. The number of nitrogens with one attached hydrogen (secondary N) is 1. The molecule has 24 heavy (non-hydrogen) atoms. The molecule has 1 amide bonds. The molecule has 1 N–H and O–H groups in total. The lowest BCUT2D eigenvalue weighted by atomic mass is 10.1. The van der Waals surface area contributed by atoms with Crippen LogP contribution in [0, 0.1) is 0 Å². The fourth-order valence-corrected chi connectivity index (χ4v) is 2.88. The van der Waals surface area contributed by atoms with Crippen molar-refractivity contribution in [1.29, 1.82) is 0 Å². The molecule has 0 saturated carbocycles. The van der Waals surface area contributed by atoms with E-state index in [2.05, 4.69) is 22.4 Å². The van der Waals surface area contributed by atoms with Gasteiger partial charge in [-0.3, -0.25) is 4.79 Å². The van der Waals surface area contributed by atoms with Crippen molar-refractivity contribution < 1.29 is 9.53 Å². The SMILES string of the molecule is CN(C)CCOc1ccc(C(=O)NC2CCc3ccccc32)cn1. The number of fused-ring (bicyclic) bond motifs is 1. The van der Waals surface area contributed by atoms with Gasteiger partial charge < -0.3 is 15.0 Å². The molecule has 1 aliphatic rings. The van der Waals surface area contributed by atoms with Crippen LogP contribution < -0.4 is 10.1 Å². The highest BCUT2D eigenvalue weighted by atomic mass is 16.5. The third-order valence-corrected chi connectivity index (χ3v) is 4.23. The van der Waals surface area contributed by atoms with Gasteiger partial charge in [0, 0.05) is 18.8 Å². The molecule has 1 heterocycles. The fraction of sp³-hybridized carbons (Fsp3) is 0.368. The van der Waals surface area contributed by atoms with Gasteiger partial charge in [-0.25, -0.2) is 4.98 Å². The number of aryl methyl sites for hydroxylation is 1. The smallest absolute Gasteiger partial charge is 0.253 e. The van der Waals surface area contributed by atoms with Crippen molar-refractivity contribution in [2.75, 3.05) is 27.2 Å². The minimum atomic E-state index is -0.0935. The van der Waals surface area contributed by atoms with E-state index < -0.39 is 0 Å². The molecule has 5 nitrogen and oxygen atoms in total. The van der Waals surface area contributed by atoms with Crippen LogP contribution in [0.25, 0.3) is 0 Å². The van der Waals surface area contributed by atoms with Crippen molar-refractivity contribution in [3.05, 3.63) is 59.3 Å². The summed E-state index contributed by atoms with van der Waals surface area (Å²) in [5, 5.41) is 3.10. The lowest BCUT2D eigenvalue weighted by molar-refractivity contribution is 0.0936. The molecule has 126 valence electrons. The van der Waals surface area contributed by atoms with Crippen LogP contribution in [0.5, 0.6) is 5.88 Å². The summed E-state index contributed by atoms with van der Waals surface area (Å²) in [6.07, 6.45) is 3.53. The molecule has 5 heteroatoms. The quantitative estimate of drug-likeness (QED) is 0.886. The van der Waals surface area contributed by atoms with E-state index in [1.807, 2.05) is 31.1 Å². The molecule has 0 saturated heterocycles. The predicted octanol–water partition coefficient (Wildman–Crippen LogP) is 2.44. The molecule has 0 spiro atoms. The van der Waals surface area contributed by atoms with Gasteiger partial charge in [0.25, 0.3) is 5.91 Å². The van der Waals surface area contributed by atoms with Crippen molar-refractivity contribution in [3.63, 3.8) is 0 Å². The van der Waals surface area contributed by atoms with Crippen LogP contribution in [-0.4, -0.2) is 43.0 Å². The van der Waals surface area contributed by atoms with Crippen LogP contribution in [0.4, 0.5) is 0 Å². The first-order valence-corrected chi connectivity index (χ1v) is 8.26. The Hall–Kier alpha value is -2.40. The lowest BCUT2D eigenvalue weighted by Crippen LogP contribution is -2.27. The van der Waals surface area contributed by atoms with E-state index in [4.69, 9.17) is 4.74 Å². The number of hydrogen-bond acceptors (Lipinski definition) is 4. The third kappa shape index (κ3) is 3.92. The van der Waals surface area contributed by atoms with Crippen LogP contribution >= 0.6 is 0 Å². The molecule has 2 aromatic rings. The Bertz CT molecular complexity index is 698. The molecule has 0 fully saturated rings. The number of likely N-dealkylation sites (N-methyl/N-ethyl adjacent to an activating group) is 1. The van der Waals surface area contributed by atoms with Gasteiger partial charge in [-0.1, -0.05) is 24.3 Å². The molecule has 1 atom stereocenters. The van der Waals surface area contributed by atoms with Gasteiger partial charge in [-0.05, 0) is 44.1 Å². The number of carbonyl (C=O) groups excluding carboxylic acids is 1. The Balaban J connectivity index is 1.58. The van der Waals surface area contributed by atoms with Crippen molar-refractivity contribution in [1.82, 2.24) is 15.2 Å². The maximum Gasteiger partial charge on any atom is 0.253 e. The highest BCUT2D eigenvalue weighted by molar-refractivity contribution is 5.94. The van der Waals surface area contributed by atoms with Gasteiger partial charge in [0.1, 0.15) is 6.61 Å². The topological polar surface area (TPSA) is 54.5 Å². The summed E-state index contributed by atoms with van der Waals surface area (Å²) < 4.78 is 5.55. The average molecular weight is 325 g/mol. The Morgan fingerprint density at radius 1 is 1.29 bits per heavy atom. The first kappa shape index (κ1) is 16.5. The van der Waals surface area contributed by atoms with E-state index in [9.17, 15) is 4.79 Å². The van der Waals surface area contributed by atoms with Crippen molar-refractivity contribution >= 4 is 5.91 Å². The number of rotatable bonds is 6. The van der Waals surface area contributed by atoms with E-state index in [0.717, 1.165) is 19.4 Å². The van der Waals surface area contributed by atoms with Crippen LogP contribution in [0.1, 0.15) is 33.9 Å². The lowest BCUT2D eigenvalue weighted by Gasteiger charge is -2.14. The van der Waals surface area contributed by atoms with Gasteiger partial charge >= 0.3 is 0 Å². The Labute approximate surface area is 142 Å². The van der Waals surface area contributed by atoms with E-state index in [-0.39, 0.29) is 11.9 Å². The molecule has 1 aliphatic carbocycles. The van der Waals surface area contributed by atoms with Crippen LogP contribution in [0.2, 0.25) is 0 Å². The first-order chi connectivity index (χ1) is 11.6. The van der Waals surface area contributed by atoms with Crippen LogP contribution in [0.15, 0.2) is 42.6 Å². The molecule has 0 radical (unpaired) electrons. The minimum Gasteiger partial charge on any atom is -0.476 e. The normalized spacial score (nSPS) is 16.0. The summed E-state index contributed by atoms with van der Waals surface area (Å²) >= 11 is 0. The summed E-state index contributed by atoms with van der Waals surface area (Å²) in [4.78, 5) is 18.7. The number of benzene rings is 1. The zero-order valence-corrected chi connectivity index (χ0v) is 14.2. The first-order valence-electron chi connectivity index (χ1n) is 8.26. The van der Waals surface area contributed by atoms with Gasteiger partial charge in [0.2, 0.25) is 5.88 Å². The second-order valence-corrected chi connectivity index (χ2v) is 6.30. The number of amides is 1. The second-order valence-electron chi connectivity index (χ2n) is 6.30. The summed E-state index contributed by atoms with van der Waals surface area (Å²) in [5.74, 6) is 0.448. The van der Waals surface area contributed by atoms with Crippen LogP contribution in [-0.2, 0) is 6.42 Å². The highest BCUT2D eigenvalue weighted by Gasteiger charge is 2.23. The van der Waals surface area contributed by atoms with Crippen molar-refractivity contribution in [2.24, 2.45) is 0 Å². The molecule has 3 rings (SSSR count). The molecule has 1 aromatic carbocycles. The second kappa shape index (κ2) is 7.45. The predicted molar refractivity (Wildman–Crippen MR) is 93.3 cm³/mol. The van der Waals surface area contributed by atoms with E-state index in [1.54, 1.807) is 18.3 Å². The summed E-state index contributed by atoms with van der Waals surface area (Å²) in [5.41, 5.74) is 3.10. The number of ether oxygens (including phenoxy) is 1. The Kier molecular flexibility index (Phi) is 5.11. The Morgan fingerprint density at radius 3 is 2.88 bits per heavy atom. The fourth-order valence-electron chi connectivity index (χ4n) is 2.88. The molecular weight excluding hydrogens is 302 g/mol. The Morgan fingerprint density at radius 2 is 2.12 bits per heavy atom. The number of pyridine rings is 1. The van der Waals surface area contributed by atoms with E-state index >= 15 is 0 Å². The summed E-state index contributed by atoms with van der Waals surface area (Å²) in [6.45, 7) is 1.40. The molecule has 0 bridgehead atoms. The van der Waals surface area contributed by atoms with Gasteiger partial charge in [-0.15, -0.1) is 0 Å². The number of aromatic nitrogens is 1. The maximum absolute atomic E-state index is 12.4.